The van der Waals surface area contributed by atoms with Gasteiger partial charge in [-0.2, -0.15) is 11.8 Å². The average molecular weight is 483 g/mol. The quantitative estimate of drug-likeness (QED) is 0.170. The van der Waals surface area contributed by atoms with Crippen molar-refractivity contribution in [3.8, 4) is 0 Å². The molecule has 0 saturated heterocycles. The Morgan fingerprint density at radius 1 is 0.583 bits per heavy atom. The molecular weight excluding hydrogens is 451 g/mol. The van der Waals surface area contributed by atoms with Gasteiger partial charge in [-0.15, -0.1) is 0 Å². The molecule has 0 saturated carbocycles. The minimum Gasteiger partial charge on any atom is -0.161 e. The number of fused-ring (bicyclic) bond motifs is 1. The van der Waals surface area contributed by atoms with Crippen molar-refractivity contribution in [3.63, 3.8) is 0 Å². The van der Waals surface area contributed by atoms with Gasteiger partial charge in [0.05, 0.1) is 0 Å². The third-order valence-corrected chi connectivity index (χ3v) is 7.48. The number of hydrogen-bond acceptors (Lipinski definition) is 1. The first-order valence-corrected chi connectivity index (χ1v) is 13.9. The highest BCUT2D eigenvalue weighted by Gasteiger charge is 2.28. The average Bonchev–Trinajstić information content (AvgIpc) is 2.92. The number of hydrogen-bond donors (Lipinski definition) is 0. The van der Waals surface area contributed by atoms with Gasteiger partial charge in [-0.25, -0.2) is 0 Å². The van der Waals surface area contributed by atoms with Crippen LogP contribution in [0.4, 0.5) is 0 Å². The predicted molar refractivity (Wildman–Crippen MR) is 163 cm³/mol. The van der Waals surface area contributed by atoms with Crippen LogP contribution < -0.4 is 10.9 Å². The highest BCUT2D eigenvalue weighted by Crippen LogP contribution is 2.33. The van der Waals surface area contributed by atoms with E-state index in [2.05, 4.69) is 141 Å². The smallest absolute Gasteiger partial charge is 0.161 e. The molecule has 0 aliphatic rings. The molecule has 5 aromatic carbocycles. The Bertz CT molecular complexity index is 1480. The zero-order valence-corrected chi connectivity index (χ0v) is 22.1. The van der Waals surface area contributed by atoms with Crippen LogP contribution in [0.25, 0.3) is 21.8 Å². The second-order valence-corrected chi connectivity index (χ2v) is 10.4. The van der Waals surface area contributed by atoms with E-state index in [4.69, 9.17) is 0 Å². The number of rotatable bonds is 7. The van der Waals surface area contributed by atoms with Crippen molar-refractivity contribution in [1.82, 2.24) is 0 Å². The topological polar surface area (TPSA) is 0 Å². The number of aryl methyl sites for hydroxylation is 2. The molecule has 0 aliphatic heterocycles. The summed E-state index contributed by atoms with van der Waals surface area (Å²) >= 11 is 1.89. The standard InChI is InChI=1S/C34H31BS/c1-25-13-17-28(18-14-25)33(24-36-3)34(30-20-19-27-9-7-8-10-29(27)23-30)35(31-11-5-4-6-12-31)32-21-15-26(2)16-22-32/h4-23H,24H2,1-3H3/b34-33+. The fourth-order valence-corrected chi connectivity index (χ4v) is 5.63. The van der Waals surface area contributed by atoms with Gasteiger partial charge in [0, 0.05) is 5.75 Å². The van der Waals surface area contributed by atoms with E-state index >= 15 is 0 Å². The van der Waals surface area contributed by atoms with E-state index in [1.807, 2.05) is 11.8 Å². The number of thioether (sulfide) groups is 1. The van der Waals surface area contributed by atoms with E-state index in [-0.39, 0.29) is 6.71 Å². The van der Waals surface area contributed by atoms with Crippen LogP contribution in [0.2, 0.25) is 0 Å². The van der Waals surface area contributed by atoms with Crippen LogP contribution in [-0.2, 0) is 0 Å². The molecule has 36 heavy (non-hydrogen) atoms. The summed E-state index contributed by atoms with van der Waals surface area (Å²) in [5.74, 6) is 0.945. The molecule has 2 heteroatoms. The minimum atomic E-state index is 0.122. The Hall–Kier alpha value is -3.49. The molecule has 0 aliphatic carbocycles. The van der Waals surface area contributed by atoms with Gasteiger partial charge in [0.25, 0.3) is 0 Å². The summed E-state index contributed by atoms with van der Waals surface area (Å²) < 4.78 is 0. The second kappa shape index (κ2) is 11.1. The molecule has 0 N–H and O–H groups in total. The molecular formula is C34H31BS. The minimum absolute atomic E-state index is 0.122. The Balaban J connectivity index is 1.85. The summed E-state index contributed by atoms with van der Waals surface area (Å²) in [4.78, 5) is 0. The lowest BCUT2D eigenvalue weighted by Crippen LogP contribution is -2.44. The molecule has 5 aromatic rings. The van der Waals surface area contributed by atoms with E-state index in [9.17, 15) is 0 Å². The van der Waals surface area contributed by atoms with E-state index < -0.39 is 0 Å². The molecule has 0 unspecified atom stereocenters. The van der Waals surface area contributed by atoms with Crippen molar-refractivity contribution >= 4 is 51.2 Å². The predicted octanol–water partition coefficient (Wildman–Crippen LogP) is 7.58. The fourth-order valence-electron chi connectivity index (χ4n) is 5.02. The molecule has 5 rings (SSSR count). The van der Waals surface area contributed by atoms with Gasteiger partial charge in [0.15, 0.2) is 0 Å². The maximum absolute atomic E-state index is 2.38. The van der Waals surface area contributed by atoms with Gasteiger partial charge in [-0.3, -0.25) is 0 Å². The zero-order chi connectivity index (χ0) is 24.9. The fraction of sp³-hybridized carbons (Fsp3) is 0.118. The molecule has 0 bridgehead atoms. The van der Waals surface area contributed by atoms with E-state index in [0.717, 1.165) is 5.75 Å². The summed E-state index contributed by atoms with van der Waals surface area (Å²) in [5.41, 5.74) is 10.6. The monoisotopic (exact) mass is 482 g/mol. The SMILES string of the molecule is CSC/C(=C(\B(c1ccccc1)c1ccc(C)cc1)c1ccc2ccccc2c1)c1ccc(C)cc1. The van der Waals surface area contributed by atoms with Crippen molar-refractivity contribution in [3.05, 3.63) is 144 Å². The highest BCUT2D eigenvalue weighted by atomic mass is 32.2. The molecule has 0 spiro atoms. The van der Waals surface area contributed by atoms with E-state index in [1.165, 1.54) is 55.0 Å². The summed E-state index contributed by atoms with van der Waals surface area (Å²) in [6, 6.07) is 44.7. The summed E-state index contributed by atoms with van der Waals surface area (Å²) in [5, 5.41) is 2.55. The lowest BCUT2D eigenvalue weighted by atomic mass is 9.34. The maximum atomic E-state index is 2.38. The van der Waals surface area contributed by atoms with Crippen LogP contribution >= 0.6 is 11.8 Å². The highest BCUT2D eigenvalue weighted by molar-refractivity contribution is 7.99. The Morgan fingerprint density at radius 3 is 1.81 bits per heavy atom. The summed E-state index contributed by atoms with van der Waals surface area (Å²) in [7, 11) is 0. The third-order valence-electron chi connectivity index (χ3n) is 6.91. The molecule has 0 heterocycles. The van der Waals surface area contributed by atoms with E-state index in [0.29, 0.717) is 0 Å². The van der Waals surface area contributed by atoms with Crippen molar-refractivity contribution < 1.29 is 0 Å². The molecule has 0 atom stereocenters. The van der Waals surface area contributed by atoms with Gasteiger partial charge in [0.2, 0.25) is 6.71 Å². The molecule has 0 radical (unpaired) electrons. The van der Waals surface area contributed by atoms with Crippen LogP contribution in [0.5, 0.6) is 0 Å². The summed E-state index contributed by atoms with van der Waals surface area (Å²) in [6.07, 6.45) is 2.20. The normalized spacial score (nSPS) is 11.9. The molecule has 0 fully saturated rings. The lowest BCUT2D eigenvalue weighted by Gasteiger charge is -2.24. The Kier molecular flexibility index (Phi) is 7.44. The Labute approximate surface area is 220 Å². The molecule has 0 nitrogen and oxygen atoms in total. The van der Waals surface area contributed by atoms with Crippen LogP contribution in [0, 0.1) is 13.8 Å². The van der Waals surface area contributed by atoms with Crippen LogP contribution in [0.3, 0.4) is 0 Å². The van der Waals surface area contributed by atoms with Crippen LogP contribution in [-0.4, -0.2) is 18.7 Å². The zero-order valence-electron chi connectivity index (χ0n) is 21.2. The van der Waals surface area contributed by atoms with Gasteiger partial charge < -0.3 is 0 Å². The number of benzene rings is 5. The van der Waals surface area contributed by atoms with Gasteiger partial charge in [-0.05, 0) is 53.6 Å². The van der Waals surface area contributed by atoms with Gasteiger partial charge >= 0.3 is 0 Å². The first-order valence-electron chi connectivity index (χ1n) is 12.5. The largest absolute Gasteiger partial charge is 0.242 e. The summed E-state index contributed by atoms with van der Waals surface area (Å²) in [6.45, 7) is 4.44. The molecule has 0 amide bonds. The Morgan fingerprint density at radius 2 is 1.14 bits per heavy atom. The molecule has 176 valence electrons. The second-order valence-electron chi connectivity index (χ2n) is 9.51. The third kappa shape index (κ3) is 5.20. The molecule has 0 aromatic heterocycles. The first kappa shape index (κ1) is 24.2. The van der Waals surface area contributed by atoms with E-state index in [1.54, 1.807) is 0 Å². The van der Waals surface area contributed by atoms with Crippen LogP contribution in [0.1, 0.15) is 22.3 Å². The first-order chi connectivity index (χ1) is 17.6. The van der Waals surface area contributed by atoms with Crippen molar-refractivity contribution in [2.45, 2.75) is 13.8 Å². The van der Waals surface area contributed by atoms with Gasteiger partial charge in [-0.1, -0.05) is 143 Å². The van der Waals surface area contributed by atoms with Crippen molar-refractivity contribution in [1.29, 1.82) is 0 Å². The van der Waals surface area contributed by atoms with Gasteiger partial charge in [0.1, 0.15) is 0 Å². The maximum Gasteiger partial charge on any atom is 0.242 e. The lowest BCUT2D eigenvalue weighted by molar-refractivity contribution is 1.45. The van der Waals surface area contributed by atoms with Crippen LogP contribution in [0.15, 0.2) is 121 Å². The van der Waals surface area contributed by atoms with Crippen molar-refractivity contribution in [2.75, 3.05) is 12.0 Å². The van der Waals surface area contributed by atoms with Crippen molar-refractivity contribution in [2.24, 2.45) is 0 Å².